The number of allylic oxidation sites excluding steroid dienone is 1. The van der Waals surface area contributed by atoms with Crippen molar-refractivity contribution in [3.05, 3.63) is 71.8 Å². The molecule has 24 heavy (non-hydrogen) atoms. The fourth-order valence-electron chi connectivity index (χ4n) is 2.84. The molecule has 0 bridgehead atoms. The minimum atomic E-state index is 0.0455. The van der Waals surface area contributed by atoms with E-state index in [0.717, 1.165) is 34.1 Å². The van der Waals surface area contributed by atoms with Crippen molar-refractivity contribution in [3.63, 3.8) is 0 Å². The second-order valence-electron chi connectivity index (χ2n) is 5.64. The molecule has 0 saturated heterocycles. The van der Waals surface area contributed by atoms with Crippen LogP contribution in [-0.4, -0.2) is 16.7 Å². The van der Waals surface area contributed by atoms with Crippen LogP contribution in [0.15, 0.2) is 55.1 Å². The topological polar surface area (TPSA) is 116 Å². The molecule has 0 amide bonds. The maximum Gasteiger partial charge on any atom is 0.122 e. The van der Waals surface area contributed by atoms with Gasteiger partial charge in [0.05, 0.1) is 5.69 Å². The lowest BCUT2D eigenvalue weighted by Crippen LogP contribution is -2.10. The maximum absolute atomic E-state index is 7.60. The van der Waals surface area contributed by atoms with Crippen LogP contribution < -0.4 is 11.5 Å². The van der Waals surface area contributed by atoms with Gasteiger partial charge in [0.15, 0.2) is 0 Å². The van der Waals surface area contributed by atoms with Crippen LogP contribution in [0.25, 0.3) is 22.2 Å². The minimum Gasteiger partial charge on any atom is -0.384 e. The van der Waals surface area contributed by atoms with Crippen LogP contribution in [0.1, 0.15) is 16.7 Å². The summed E-state index contributed by atoms with van der Waals surface area (Å²) >= 11 is 0. The van der Waals surface area contributed by atoms with Crippen LogP contribution in [0.4, 0.5) is 0 Å². The Kier molecular flexibility index (Phi) is 3.92. The number of nitrogens with one attached hydrogen (secondary N) is 3. The van der Waals surface area contributed by atoms with Crippen molar-refractivity contribution >= 4 is 22.6 Å². The third-order valence-corrected chi connectivity index (χ3v) is 4.05. The minimum absolute atomic E-state index is 0.0455. The Morgan fingerprint density at radius 3 is 2.21 bits per heavy atom. The lowest BCUT2D eigenvalue weighted by atomic mass is 10.0. The van der Waals surface area contributed by atoms with Crippen LogP contribution in [0.3, 0.4) is 0 Å². The molecule has 0 aliphatic carbocycles. The Balaban J connectivity index is 2.18. The van der Waals surface area contributed by atoms with Gasteiger partial charge in [-0.25, -0.2) is 0 Å². The molecule has 2 aromatic carbocycles. The van der Waals surface area contributed by atoms with Gasteiger partial charge in [-0.1, -0.05) is 42.5 Å². The standard InChI is InChI=1S/C19H19N5/c1-2-3-15-14-9-8-13(19(22)23)10-16(14)24-17(15)11-4-6-12(7-5-11)18(20)21/h2,4-10,24H,1,3H2,(H3,20,21)(H3,22,23). The summed E-state index contributed by atoms with van der Waals surface area (Å²) in [4.78, 5) is 3.42. The predicted octanol–water partition coefficient (Wildman–Crippen LogP) is 3.13. The SMILES string of the molecule is C=CCc1c(-c2ccc(C(=N)N)cc2)[nH]c2cc(C(=N)N)ccc12. The van der Waals surface area contributed by atoms with Gasteiger partial charge in [-0.2, -0.15) is 0 Å². The highest BCUT2D eigenvalue weighted by Gasteiger charge is 2.13. The summed E-state index contributed by atoms with van der Waals surface area (Å²) in [7, 11) is 0. The number of H-pyrrole nitrogens is 1. The molecule has 0 fully saturated rings. The molecule has 3 rings (SSSR count). The molecule has 0 spiro atoms. The normalized spacial score (nSPS) is 10.7. The first-order valence-electron chi connectivity index (χ1n) is 7.56. The fourth-order valence-corrected chi connectivity index (χ4v) is 2.84. The summed E-state index contributed by atoms with van der Waals surface area (Å²) in [6.45, 7) is 3.85. The monoisotopic (exact) mass is 317 g/mol. The van der Waals surface area contributed by atoms with E-state index in [-0.39, 0.29) is 11.7 Å². The average molecular weight is 317 g/mol. The van der Waals surface area contributed by atoms with E-state index in [1.807, 2.05) is 48.5 Å². The van der Waals surface area contributed by atoms with E-state index in [1.165, 1.54) is 0 Å². The van der Waals surface area contributed by atoms with Gasteiger partial charge in [0.25, 0.3) is 0 Å². The van der Waals surface area contributed by atoms with Gasteiger partial charge < -0.3 is 16.5 Å². The third-order valence-electron chi connectivity index (χ3n) is 4.05. The van der Waals surface area contributed by atoms with Crippen LogP contribution >= 0.6 is 0 Å². The van der Waals surface area contributed by atoms with Crippen molar-refractivity contribution in [1.82, 2.24) is 4.98 Å². The average Bonchev–Trinajstić information content (AvgIpc) is 2.93. The molecule has 0 unspecified atom stereocenters. The Hall–Kier alpha value is -3.34. The predicted molar refractivity (Wildman–Crippen MR) is 99.7 cm³/mol. The summed E-state index contributed by atoms with van der Waals surface area (Å²) < 4.78 is 0. The number of rotatable bonds is 5. The van der Waals surface area contributed by atoms with Crippen molar-refractivity contribution < 1.29 is 0 Å². The first kappa shape index (κ1) is 15.6. The van der Waals surface area contributed by atoms with E-state index in [4.69, 9.17) is 22.3 Å². The lowest BCUT2D eigenvalue weighted by Gasteiger charge is -2.04. The molecule has 0 aliphatic rings. The first-order chi connectivity index (χ1) is 11.5. The van der Waals surface area contributed by atoms with E-state index >= 15 is 0 Å². The Labute approximate surface area is 140 Å². The fraction of sp³-hybridized carbons (Fsp3) is 0.0526. The number of nitrogens with two attached hydrogens (primary N) is 2. The highest BCUT2D eigenvalue weighted by atomic mass is 14.7. The van der Waals surface area contributed by atoms with Crippen LogP contribution in [0.2, 0.25) is 0 Å². The van der Waals surface area contributed by atoms with Crippen LogP contribution in [0, 0.1) is 10.8 Å². The van der Waals surface area contributed by atoms with Gasteiger partial charge in [0, 0.05) is 22.0 Å². The molecule has 5 heteroatoms. The zero-order valence-corrected chi connectivity index (χ0v) is 13.2. The molecule has 0 atom stereocenters. The van der Waals surface area contributed by atoms with E-state index in [1.54, 1.807) is 0 Å². The Morgan fingerprint density at radius 1 is 1.00 bits per heavy atom. The molecule has 1 heterocycles. The molecule has 0 saturated carbocycles. The molecule has 5 nitrogen and oxygen atoms in total. The highest BCUT2D eigenvalue weighted by Crippen LogP contribution is 2.31. The molecular formula is C19H19N5. The van der Waals surface area contributed by atoms with Gasteiger partial charge >= 0.3 is 0 Å². The van der Waals surface area contributed by atoms with Gasteiger partial charge in [-0.05, 0) is 23.6 Å². The number of nitrogen functional groups attached to an aromatic ring is 2. The molecule has 3 aromatic rings. The van der Waals surface area contributed by atoms with Crippen molar-refractivity contribution in [2.75, 3.05) is 0 Å². The summed E-state index contributed by atoms with van der Waals surface area (Å²) in [6, 6.07) is 13.3. The second-order valence-corrected chi connectivity index (χ2v) is 5.64. The molecule has 0 radical (unpaired) electrons. The summed E-state index contributed by atoms with van der Waals surface area (Å²) in [5.74, 6) is 0.0970. The lowest BCUT2D eigenvalue weighted by molar-refractivity contribution is 1.29. The number of amidine groups is 2. The zero-order chi connectivity index (χ0) is 17.3. The number of aromatic amines is 1. The van der Waals surface area contributed by atoms with E-state index in [0.29, 0.717) is 11.1 Å². The van der Waals surface area contributed by atoms with E-state index in [9.17, 15) is 0 Å². The first-order valence-corrected chi connectivity index (χ1v) is 7.56. The number of hydrogen-bond donors (Lipinski definition) is 5. The van der Waals surface area contributed by atoms with Crippen LogP contribution in [-0.2, 0) is 6.42 Å². The van der Waals surface area contributed by atoms with Crippen molar-refractivity contribution in [2.45, 2.75) is 6.42 Å². The van der Waals surface area contributed by atoms with E-state index in [2.05, 4.69) is 11.6 Å². The number of hydrogen-bond acceptors (Lipinski definition) is 2. The number of benzene rings is 2. The smallest absolute Gasteiger partial charge is 0.122 e. The summed E-state index contributed by atoms with van der Waals surface area (Å²) in [5, 5.41) is 16.2. The third kappa shape index (κ3) is 2.67. The van der Waals surface area contributed by atoms with Crippen molar-refractivity contribution in [1.29, 1.82) is 10.8 Å². The number of aromatic nitrogens is 1. The molecule has 120 valence electrons. The highest BCUT2D eigenvalue weighted by molar-refractivity contribution is 6.01. The van der Waals surface area contributed by atoms with Crippen molar-refractivity contribution in [3.8, 4) is 11.3 Å². The van der Waals surface area contributed by atoms with Crippen LogP contribution in [0.5, 0.6) is 0 Å². The van der Waals surface area contributed by atoms with Gasteiger partial charge in [-0.15, -0.1) is 6.58 Å². The summed E-state index contributed by atoms with van der Waals surface area (Å²) in [5.41, 5.74) is 16.6. The summed E-state index contributed by atoms with van der Waals surface area (Å²) in [6.07, 6.45) is 2.60. The largest absolute Gasteiger partial charge is 0.384 e. The zero-order valence-electron chi connectivity index (χ0n) is 13.2. The van der Waals surface area contributed by atoms with Gasteiger partial charge in [-0.3, -0.25) is 10.8 Å². The Morgan fingerprint density at radius 2 is 1.62 bits per heavy atom. The van der Waals surface area contributed by atoms with Gasteiger partial charge in [0.1, 0.15) is 11.7 Å². The Bertz CT molecular complexity index is 948. The molecule has 0 aliphatic heterocycles. The van der Waals surface area contributed by atoms with Gasteiger partial charge in [0.2, 0.25) is 0 Å². The quantitative estimate of drug-likeness (QED) is 0.282. The number of fused-ring (bicyclic) bond motifs is 1. The molecular weight excluding hydrogens is 298 g/mol. The second kappa shape index (κ2) is 6.04. The molecule has 1 aromatic heterocycles. The maximum atomic E-state index is 7.60. The van der Waals surface area contributed by atoms with E-state index < -0.39 is 0 Å². The molecule has 7 N–H and O–H groups in total. The van der Waals surface area contributed by atoms with Crippen molar-refractivity contribution in [2.24, 2.45) is 11.5 Å².